The molecule has 10 nitrogen and oxygen atoms in total. The van der Waals surface area contributed by atoms with Crippen LogP contribution in [0.3, 0.4) is 0 Å². The van der Waals surface area contributed by atoms with E-state index in [-0.39, 0.29) is 11.1 Å². The Balaban J connectivity index is 1.41. The van der Waals surface area contributed by atoms with Crippen LogP contribution in [0.15, 0.2) is 76.6 Å². The van der Waals surface area contributed by atoms with E-state index in [4.69, 9.17) is 0 Å². The lowest BCUT2D eigenvalue weighted by Crippen LogP contribution is -2.26. The zero-order valence-corrected chi connectivity index (χ0v) is 19.9. The number of pyridine rings is 2. The van der Waals surface area contributed by atoms with Gasteiger partial charge in [-0.3, -0.25) is 14.2 Å². The van der Waals surface area contributed by atoms with Crippen molar-refractivity contribution in [3.63, 3.8) is 0 Å². The number of nitrogens with one attached hydrogen (secondary N) is 1. The van der Waals surface area contributed by atoms with Gasteiger partial charge in [0.25, 0.3) is 11.1 Å². The molecule has 1 aliphatic rings. The van der Waals surface area contributed by atoms with Gasteiger partial charge in [-0.2, -0.15) is 4.98 Å². The van der Waals surface area contributed by atoms with Crippen molar-refractivity contribution in [3.8, 4) is 11.6 Å². The maximum absolute atomic E-state index is 12.9. The molecule has 0 aliphatic carbocycles. The average Bonchev–Trinajstić information content (AvgIpc) is 3.13. The molecule has 180 valence electrons. The van der Waals surface area contributed by atoms with Crippen LogP contribution >= 0.6 is 0 Å². The van der Waals surface area contributed by atoms with E-state index < -0.39 is 0 Å². The number of hydrogen-bond donors (Lipinski definition) is 1. The van der Waals surface area contributed by atoms with Crippen LogP contribution in [0.25, 0.3) is 22.7 Å². The minimum atomic E-state index is -0.237. The van der Waals surface area contributed by atoms with E-state index in [1.165, 1.54) is 32.6 Å². The third-order valence-electron chi connectivity index (χ3n) is 6.47. The first-order valence-electron chi connectivity index (χ1n) is 11.7. The van der Waals surface area contributed by atoms with Gasteiger partial charge in [0, 0.05) is 44.3 Å². The molecule has 36 heavy (non-hydrogen) atoms. The zero-order valence-electron chi connectivity index (χ0n) is 19.9. The van der Waals surface area contributed by atoms with Crippen molar-refractivity contribution in [2.24, 2.45) is 7.05 Å². The number of nitrogens with zero attached hydrogens (tertiary/aromatic N) is 7. The minimum Gasteiger partial charge on any atom is -0.324 e. The Bertz CT molecular complexity index is 1730. The fraction of sp³-hybridized carbons (Fsp3) is 0.192. The highest BCUT2D eigenvalue weighted by atomic mass is 16.1. The fourth-order valence-electron chi connectivity index (χ4n) is 4.60. The summed E-state index contributed by atoms with van der Waals surface area (Å²) in [4.78, 5) is 41.3. The first-order valence-corrected chi connectivity index (χ1v) is 11.7. The summed E-state index contributed by atoms with van der Waals surface area (Å²) in [5.41, 5.74) is 3.52. The Morgan fingerprint density at radius 1 is 0.917 bits per heavy atom. The molecule has 0 atom stereocenters. The highest BCUT2D eigenvalue weighted by Crippen LogP contribution is 2.24. The maximum atomic E-state index is 12.9. The third-order valence-corrected chi connectivity index (χ3v) is 6.47. The number of benzene rings is 1. The average molecular weight is 481 g/mol. The first-order chi connectivity index (χ1) is 17.5. The number of likely N-dealkylation sites (N-methyl/N-ethyl adjacent to an activating group) is 1. The second-order valence-corrected chi connectivity index (χ2v) is 8.93. The molecule has 0 fully saturated rings. The molecule has 1 aliphatic heterocycles. The summed E-state index contributed by atoms with van der Waals surface area (Å²) >= 11 is 0. The van der Waals surface area contributed by atoms with Gasteiger partial charge in [-0.25, -0.2) is 19.3 Å². The quantitative estimate of drug-likeness (QED) is 0.421. The molecule has 0 amide bonds. The van der Waals surface area contributed by atoms with Gasteiger partial charge in [-0.05, 0) is 54.9 Å². The molecular formula is C26H24N8O2. The molecule has 1 aromatic carbocycles. The molecule has 5 aromatic rings. The number of fused-ring (bicyclic) bond motifs is 2. The second-order valence-electron chi connectivity index (χ2n) is 8.93. The van der Waals surface area contributed by atoms with Gasteiger partial charge < -0.3 is 10.2 Å². The largest absolute Gasteiger partial charge is 0.324 e. The van der Waals surface area contributed by atoms with Crippen molar-refractivity contribution < 1.29 is 0 Å². The molecule has 0 bridgehead atoms. The Labute approximate surface area is 206 Å². The minimum absolute atomic E-state index is 0.195. The molecule has 0 radical (unpaired) electrons. The van der Waals surface area contributed by atoms with Gasteiger partial charge in [-0.1, -0.05) is 18.2 Å². The number of aromatic nitrogens is 6. The van der Waals surface area contributed by atoms with Crippen molar-refractivity contribution in [2.45, 2.75) is 13.0 Å². The van der Waals surface area contributed by atoms with Crippen LogP contribution in [0.4, 0.5) is 11.6 Å². The van der Waals surface area contributed by atoms with Crippen molar-refractivity contribution in [1.29, 1.82) is 0 Å². The van der Waals surface area contributed by atoms with E-state index in [2.05, 4.69) is 44.3 Å². The molecule has 0 saturated carbocycles. The van der Waals surface area contributed by atoms with Gasteiger partial charge in [-0.15, -0.1) is 0 Å². The van der Waals surface area contributed by atoms with Crippen LogP contribution in [0.2, 0.25) is 0 Å². The third kappa shape index (κ3) is 3.77. The van der Waals surface area contributed by atoms with E-state index in [1.54, 1.807) is 48.3 Å². The summed E-state index contributed by atoms with van der Waals surface area (Å²) in [6.07, 6.45) is 4.18. The Morgan fingerprint density at radius 2 is 1.78 bits per heavy atom. The lowest BCUT2D eigenvalue weighted by molar-refractivity contribution is 0.313. The predicted octanol–water partition coefficient (Wildman–Crippen LogP) is 2.40. The molecule has 5 heterocycles. The van der Waals surface area contributed by atoms with Crippen molar-refractivity contribution in [3.05, 3.63) is 98.8 Å². The Kier molecular flexibility index (Phi) is 5.23. The van der Waals surface area contributed by atoms with Gasteiger partial charge in [0.15, 0.2) is 11.5 Å². The topological polar surface area (TPSA) is 103 Å². The van der Waals surface area contributed by atoms with E-state index in [0.717, 1.165) is 25.2 Å². The smallest absolute Gasteiger partial charge is 0.277 e. The van der Waals surface area contributed by atoms with Crippen molar-refractivity contribution in [1.82, 2.24) is 33.8 Å². The summed E-state index contributed by atoms with van der Waals surface area (Å²) in [7, 11) is 3.78. The SMILES string of the molecule is CN1CCc2cc(Nc3ncc4c(=O)n(C)n(-c5cccc(-n6ccccc6=O)n5)c4n3)ccc2C1. The number of anilines is 2. The standard InChI is InChI=1S/C26H24N8O2/c1-31-13-11-17-14-19(10-9-18(17)16-31)28-26-27-15-20-24(30-26)34(32(2)25(20)36)22-7-5-6-21(29-22)33-12-4-3-8-23(33)35/h3-10,12,14-15H,11,13,16H2,1-2H3,(H,27,28,30). The van der Waals surface area contributed by atoms with Gasteiger partial charge in [0.2, 0.25) is 5.95 Å². The molecule has 6 rings (SSSR count). The summed E-state index contributed by atoms with van der Waals surface area (Å²) in [5, 5.41) is 3.66. The molecule has 0 saturated heterocycles. The summed E-state index contributed by atoms with van der Waals surface area (Å²) in [5.74, 6) is 1.28. The van der Waals surface area contributed by atoms with Crippen molar-refractivity contribution >= 4 is 22.7 Å². The van der Waals surface area contributed by atoms with E-state index in [9.17, 15) is 9.59 Å². The maximum Gasteiger partial charge on any atom is 0.277 e. The predicted molar refractivity (Wildman–Crippen MR) is 137 cm³/mol. The number of rotatable bonds is 4. The highest BCUT2D eigenvalue weighted by molar-refractivity contribution is 5.77. The highest BCUT2D eigenvalue weighted by Gasteiger charge is 2.18. The van der Waals surface area contributed by atoms with E-state index in [1.807, 2.05) is 6.07 Å². The molecule has 0 unspecified atom stereocenters. The lowest BCUT2D eigenvalue weighted by Gasteiger charge is -2.25. The zero-order chi connectivity index (χ0) is 24.8. The van der Waals surface area contributed by atoms with Crippen LogP contribution in [-0.2, 0) is 20.0 Å². The van der Waals surface area contributed by atoms with Gasteiger partial charge in [0.1, 0.15) is 11.2 Å². The summed E-state index contributed by atoms with van der Waals surface area (Å²) in [6.45, 7) is 1.96. The molecule has 10 heteroatoms. The molecule has 0 spiro atoms. The molecule has 4 aromatic heterocycles. The summed E-state index contributed by atoms with van der Waals surface area (Å²) in [6, 6.07) is 16.5. The fourth-order valence-corrected chi connectivity index (χ4v) is 4.60. The van der Waals surface area contributed by atoms with Crippen LogP contribution in [0.1, 0.15) is 11.1 Å². The Hall–Kier alpha value is -4.57. The van der Waals surface area contributed by atoms with Crippen molar-refractivity contribution in [2.75, 3.05) is 18.9 Å². The summed E-state index contributed by atoms with van der Waals surface area (Å²) < 4.78 is 4.52. The van der Waals surface area contributed by atoms with Crippen LogP contribution in [0.5, 0.6) is 0 Å². The van der Waals surface area contributed by atoms with E-state index in [0.29, 0.717) is 28.6 Å². The monoisotopic (exact) mass is 480 g/mol. The molecule has 1 N–H and O–H groups in total. The van der Waals surface area contributed by atoms with Crippen LogP contribution in [-0.4, -0.2) is 47.4 Å². The Morgan fingerprint density at radius 3 is 2.64 bits per heavy atom. The normalized spacial score (nSPS) is 13.6. The van der Waals surface area contributed by atoms with Crippen LogP contribution < -0.4 is 16.4 Å². The number of hydrogen-bond acceptors (Lipinski definition) is 7. The second kappa shape index (κ2) is 8.58. The van der Waals surface area contributed by atoms with Crippen LogP contribution in [0, 0.1) is 0 Å². The molecular weight excluding hydrogens is 456 g/mol. The van der Waals surface area contributed by atoms with Gasteiger partial charge >= 0.3 is 0 Å². The lowest BCUT2D eigenvalue weighted by atomic mass is 9.99. The van der Waals surface area contributed by atoms with Gasteiger partial charge in [0.05, 0.1) is 0 Å². The van der Waals surface area contributed by atoms with E-state index >= 15 is 0 Å². The first kappa shape index (κ1) is 21.9.